The average molecular weight is 465 g/mol. The molecule has 1 atom stereocenters. The number of fused-ring (bicyclic) bond motifs is 8. The highest BCUT2D eigenvalue weighted by Crippen LogP contribution is 2.47. The normalized spacial score (nSPS) is 19.7. The molecule has 0 radical (unpaired) electrons. The molecule has 150 valence electrons. The summed E-state index contributed by atoms with van der Waals surface area (Å²) in [5.74, 6) is 1.56. The van der Waals surface area contributed by atoms with E-state index in [0.29, 0.717) is 15.8 Å². The minimum Gasteiger partial charge on any atom is -0.278 e. The zero-order chi connectivity index (χ0) is 19.5. The van der Waals surface area contributed by atoms with Gasteiger partial charge in [0.1, 0.15) is 11.2 Å². The number of nitrogens with zero attached hydrogens (tertiary/aromatic N) is 4. The highest BCUT2D eigenvalue weighted by Gasteiger charge is 2.41. The molecule has 0 bridgehead atoms. The Balaban J connectivity index is 1.41. The number of hydrogen-bond acceptors (Lipinski definition) is 7. The molecule has 10 heteroatoms. The molecule has 6 nitrogen and oxygen atoms in total. The Morgan fingerprint density at radius 3 is 3.00 bits per heavy atom. The van der Waals surface area contributed by atoms with Gasteiger partial charge in [-0.15, -0.1) is 21.5 Å². The zero-order valence-corrected chi connectivity index (χ0v) is 18.6. The van der Waals surface area contributed by atoms with Crippen molar-refractivity contribution in [1.82, 2.24) is 25.5 Å². The van der Waals surface area contributed by atoms with E-state index in [4.69, 9.17) is 23.2 Å². The molecule has 2 N–H and O–H groups in total. The predicted octanol–water partition coefficient (Wildman–Crippen LogP) is 4.69. The molecule has 0 spiro atoms. The second-order valence-corrected chi connectivity index (χ2v) is 10.3. The summed E-state index contributed by atoms with van der Waals surface area (Å²) < 4.78 is 2.21. The maximum absolute atomic E-state index is 6.37. The van der Waals surface area contributed by atoms with Crippen LogP contribution in [0.25, 0.3) is 5.00 Å². The summed E-state index contributed by atoms with van der Waals surface area (Å²) in [5.41, 5.74) is 7.38. The molecule has 1 aliphatic carbocycles. The molecule has 0 saturated carbocycles. The molecular formula is C19H18Cl2N6S2. The van der Waals surface area contributed by atoms with Crippen molar-refractivity contribution in [2.24, 2.45) is 0 Å². The molecule has 2 aliphatic heterocycles. The van der Waals surface area contributed by atoms with Crippen molar-refractivity contribution in [2.75, 3.05) is 11.7 Å². The van der Waals surface area contributed by atoms with Crippen LogP contribution in [0, 0.1) is 0 Å². The summed E-state index contributed by atoms with van der Waals surface area (Å²) >= 11 is 16.0. The second-order valence-electron chi connectivity index (χ2n) is 7.38. The van der Waals surface area contributed by atoms with Gasteiger partial charge in [-0.05, 0) is 48.9 Å². The first-order valence-electron chi connectivity index (χ1n) is 9.64. The number of nitrogens with one attached hydrogen (secondary N) is 2. The number of benzene rings is 1. The summed E-state index contributed by atoms with van der Waals surface area (Å²) in [4.78, 5) is 1.52. The van der Waals surface area contributed by atoms with Gasteiger partial charge in [0.15, 0.2) is 5.16 Å². The van der Waals surface area contributed by atoms with Gasteiger partial charge >= 0.3 is 0 Å². The van der Waals surface area contributed by atoms with Crippen molar-refractivity contribution < 1.29 is 0 Å². The van der Waals surface area contributed by atoms with Crippen LogP contribution in [-0.4, -0.2) is 21.4 Å². The lowest BCUT2D eigenvalue weighted by atomic mass is 9.94. The van der Waals surface area contributed by atoms with E-state index in [1.54, 1.807) is 17.8 Å². The van der Waals surface area contributed by atoms with Gasteiger partial charge in [0.25, 0.3) is 0 Å². The topological polar surface area (TPSA) is 58.0 Å². The maximum atomic E-state index is 6.37. The summed E-state index contributed by atoms with van der Waals surface area (Å²) in [6.45, 7) is 0.727. The molecule has 1 aromatic carbocycles. The number of hydrazine groups is 1. The van der Waals surface area contributed by atoms with Crippen LogP contribution < -0.4 is 15.8 Å². The Morgan fingerprint density at radius 2 is 2.10 bits per heavy atom. The van der Waals surface area contributed by atoms with E-state index in [1.807, 2.05) is 23.5 Å². The Kier molecular flexibility index (Phi) is 4.55. The van der Waals surface area contributed by atoms with E-state index in [-0.39, 0.29) is 6.17 Å². The molecule has 0 amide bonds. The molecule has 6 rings (SSSR count). The average Bonchev–Trinajstić information content (AvgIpc) is 3.42. The lowest BCUT2D eigenvalue weighted by Crippen LogP contribution is -2.39. The van der Waals surface area contributed by atoms with Crippen LogP contribution in [0.3, 0.4) is 0 Å². The number of anilines is 1. The molecule has 1 fully saturated rings. The van der Waals surface area contributed by atoms with Crippen molar-refractivity contribution in [3.8, 4) is 5.00 Å². The molecule has 29 heavy (non-hydrogen) atoms. The van der Waals surface area contributed by atoms with Gasteiger partial charge < -0.3 is 0 Å². The third-order valence-corrected chi connectivity index (χ3v) is 8.53. The number of aromatic nitrogens is 3. The highest BCUT2D eigenvalue weighted by atomic mass is 35.5. The van der Waals surface area contributed by atoms with Crippen molar-refractivity contribution in [1.29, 1.82) is 0 Å². The molecule has 2 aromatic heterocycles. The number of thioether (sulfide) groups is 1. The number of aryl methyl sites for hydroxylation is 1. The monoisotopic (exact) mass is 464 g/mol. The Bertz CT molecular complexity index is 1110. The van der Waals surface area contributed by atoms with Crippen molar-refractivity contribution >= 4 is 52.2 Å². The third kappa shape index (κ3) is 2.92. The quantitative estimate of drug-likeness (QED) is 0.548. The second kappa shape index (κ2) is 7.14. The van der Waals surface area contributed by atoms with Crippen LogP contribution >= 0.6 is 46.3 Å². The number of hydrogen-bond donors (Lipinski definition) is 2. The fraction of sp³-hybridized carbons (Fsp3) is 0.368. The Morgan fingerprint density at radius 1 is 1.21 bits per heavy atom. The van der Waals surface area contributed by atoms with Crippen molar-refractivity contribution in [3.63, 3.8) is 0 Å². The summed E-state index contributed by atoms with van der Waals surface area (Å²) in [6.07, 6.45) is 5.00. The van der Waals surface area contributed by atoms with Gasteiger partial charge in [-0.1, -0.05) is 41.0 Å². The zero-order valence-electron chi connectivity index (χ0n) is 15.4. The first-order valence-corrected chi connectivity index (χ1v) is 12.2. The standard InChI is InChI=1S/C19H18Cl2N6S2/c20-11-6-5-10(13(21)7-11)8-28-19-25-24-18-26(19)17-15(16-22-9-23-27(16)18)12-3-1-2-4-14(12)29-17/h5-7,16,22-23H,1-4,8-9H2. The number of thiophene rings is 1. The molecule has 3 aliphatic rings. The van der Waals surface area contributed by atoms with Crippen molar-refractivity contribution in [2.45, 2.75) is 42.8 Å². The number of halogens is 2. The molecular weight excluding hydrogens is 447 g/mol. The van der Waals surface area contributed by atoms with E-state index >= 15 is 0 Å². The summed E-state index contributed by atoms with van der Waals surface area (Å²) in [7, 11) is 0. The first-order chi connectivity index (χ1) is 14.2. The van der Waals surface area contributed by atoms with Gasteiger partial charge in [0.05, 0.1) is 6.67 Å². The van der Waals surface area contributed by atoms with Gasteiger partial charge in [0.2, 0.25) is 5.95 Å². The van der Waals surface area contributed by atoms with Gasteiger partial charge in [-0.3, -0.25) is 10.3 Å². The lowest BCUT2D eigenvalue weighted by molar-refractivity contribution is 0.579. The van der Waals surface area contributed by atoms with Crippen LogP contribution in [0.4, 0.5) is 5.95 Å². The van der Waals surface area contributed by atoms with Crippen LogP contribution in [0.2, 0.25) is 10.0 Å². The van der Waals surface area contributed by atoms with Crippen LogP contribution in [0.15, 0.2) is 23.4 Å². The summed E-state index contributed by atoms with van der Waals surface area (Å²) in [6, 6.07) is 5.63. The summed E-state index contributed by atoms with van der Waals surface area (Å²) in [5, 5.41) is 18.2. The fourth-order valence-electron chi connectivity index (χ4n) is 4.32. The third-order valence-electron chi connectivity index (χ3n) is 5.68. The highest BCUT2D eigenvalue weighted by molar-refractivity contribution is 7.98. The van der Waals surface area contributed by atoms with E-state index < -0.39 is 0 Å². The van der Waals surface area contributed by atoms with Gasteiger partial charge in [-0.25, -0.2) is 9.99 Å². The van der Waals surface area contributed by atoms with Crippen LogP contribution in [0.1, 0.15) is 40.6 Å². The van der Waals surface area contributed by atoms with Gasteiger partial charge in [0, 0.05) is 26.2 Å². The smallest absolute Gasteiger partial charge is 0.249 e. The van der Waals surface area contributed by atoms with E-state index in [0.717, 1.165) is 29.8 Å². The van der Waals surface area contributed by atoms with Crippen molar-refractivity contribution in [3.05, 3.63) is 49.8 Å². The first kappa shape index (κ1) is 18.5. The molecule has 1 saturated heterocycles. The maximum Gasteiger partial charge on any atom is 0.249 e. The van der Waals surface area contributed by atoms with Crippen LogP contribution in [-0.2, 0) is 18.6 Å². The molecule has 3 aromatic rings. The lowest BCUT2D eigenvalue weighted by Gasteiger charge is -2.31. The molecule has 4 heterocycles. The molecule has 1 unspecified atom stereocenters. The fourth-order valence-corrected chi connectivity index (χ4v) is 7.29. The van der Waals surface area contributed by atoms with Crippen LogP contribution in [0.5, 0.6) is 0 Å². The predicted molar refractivity (Wildman–Crippen MR) is 118 cm³/mol. The number of rotatable bonds is 3. The van der Waals surface area contributed by atoms with E-state index in [1.165, 1.54) is 40.3 Å². The van der Waals surface area contributed by atoms with E-state index in [9.17, 15) is 0 Å². The Labute approximate surface area is 186 Å². The largest absolute Gasteiger partial charge is 0.278 e. The minimum atomic E-state index is 0.128. The Hall–Kier alpha value is -1.29. The van der Waals surface area contributed by atoms with Gasteiger partial charge in [-0.2, -0.15) is 0 Å². The minimum absolute atomic E-state index is 0.128. The SMILES string of the molecule is Clc1ccc(CSc2nnc3n2-c2sc4c(c2C2NCNN32)CCCC4)c(Cl)c1. The van der Waals surface area contributed by atoms with E-state index in [2.05, 4.69) is 30.5 Å².